The molecule has 0 atom stereocenters. The molecule has 1 aromatic carbocycles. The number of aldehydes is 1. The van der Waals surface area contributed by atoms with Crippen LogP contribution in [0.4, 0.5) is 0 Å². The number of primary sulfonamides is 1. The summed E-state index contributed by atoms with van der Waals surface area (Å²) in [5.41, 5.74) is 0.998. The molecule has 5 heteroatoms. The Bertz CT molecular complexity index is 437. The van der Waals surface area contributed by atoms with E-state index in [9.17, 15) is 13.2 Å². The van der Waals surface area contributed by atoms with Crippen LogP contribution in [0.5, 0.6) is 0 Å². The van der Waals surface area contributed by atoms with E-state index in [2.05, 4.69) is 0 Å². The van der Waals surface area contributed by atoms with Gasteiger partial charge in [-0.2, -0.15) is 0 Å². The largest absolute Gasteiger partial charge is 0.298 e. The summed E-state index contributed by atoms with van der Waals surface area (Å²) in [5, 5.41) is 4.91. The highest BCUT2D eigenvalue weighted by molar-refractivity contribution is 7.89. The molecule has 0 amide bonds. The maximum absolute atomic E-state index is 10.9. The third-order valence-corrected chi connectivity index (χ3v) is 2.43. The van der Waals surface area contributed by atoms with E-state index in [0.717, 1.165) is 0 Å². The average molecular weight is 199 g/mol. The van der Waals surface area contributed by atoms with Gasteiger partial charge in [-0.1, -0.05) is 0 Å². The average Bonchev–Trinajstić information content (AvgIpc) is 2.01. The minimum absolute atomic E-state index is 0.0328. The molecule has 0 unspecified atom stereocenters. The van der Waals surface area contributed by atoms with Crippen molar-refractivity contribution >= 4 is 16.3 Å². The SMILES string of the molecule is Cc1cc(C=O)cc(S(N)(=O)=O)c1. The number of rotatable bonds is 2. The fourth-order valence-electron chi connectivity index (χ4n) is 1.01. The number of nitrogens with two attached hydrogens (primary N) is 1. The second-order valence-corrected chi connectivity index (χ2v) is 4.30. The molecule has 1 aromatic rings. The molecular weight excluding hydrogens is 190 g/mol. The molecule has 0 heterocycles. The van der Waals surface area contributed by atoms with Crippen LogP contribution >= 0.6 is 0 Å². The van der Waals surface area contributed by atoms with Gasteiger partial charge in [0.15, 0.2) is 0 Å². The fraction of sp³-hybridized carbons (Fsp3) is 0.125. The Hall–Kier alpha value is -1.20. The first-order valence-electron chi connectivity index (χ1n) is 3.53. The molecule has 0 aliphatic heterocycles. The van der Waals surface area contributed by atoms with Crippen molar-refractivity contribution < 1.29 is 13.2 Å². The normalized spacial score (nSPS) is 11.2. The molecule has 0 radical (unpaired) electrons. The number of sulfonamides is 1. The summed E-state index contributed by atoms with van der Waals surface area (Å²) in [6.45, 7) is 1.70. The van der Waals surface area contributed by atoms with Crippen molar-refractivity contribution in [3.8, 4) is 0 Å². The first-order valence-corrected chi connectivity index (χ1v) is 5.08. The van der Waals surface area contributed by atoms with Crippen LogP contribution in [-0.4, -0.2) is 14.7 Å². The topological polar surface area (TPSA) is 77.2 Å². The molecular formula is C8H9NO3S. The maximum Gasteiger partial charge on any atom is 0.238 e. The van der Waals surface area contributed by atoms with Gasteiger partial charge in [0.05, 0.1) is 4.90 Å². The van der Waals surface area contributed by atoms with Crippen molar-refractivity contribution in [1.29, 1.82) is 0 Å². The van der Waals surface area contributed by atoms with Crippen molar-refractivity contribution in [2.45, 2.75) is 11.8 Å². The van der Waals surface area contributed by atoms with Gasteiger partial charge in [0.1, 0.15) is 6.29 Å². The molecule has 13 heavy (non-hydrogen) atoms. The van der Waals surface area contributed by atoms with Gasteiger partial charge in [0, 0.05) is 5.56 Å². The van der Waals surface area contributed by atoms with Gasteiger partial charge in [-0.05, 0) is 30.7 Å². The van der Waals surface area contributed by atoms with Gasteiger partial charge < -0.3 is 0 Å². The first kappa shape index (κ1) is 9.88. The Balaban J connectivity index is 3.41. The van der Waals surface area contributed by atoms with Crippen LogP contribution in [0, 0.1) is 6.92 Å². The van der Waals surface area contributed by atoms with E-state index in [1.54, 1.807) is 13.0 Å². The van der Waals surface area contributed by atoms with Crippen LogP contribution < -0.4 is 5.14 Å². The quantitative estimate of drug-likeness (QED) is 0.703. The lowest BCUT2D eigenvalue weighted by atomic mass is 10.2. The van der Waals surface area contributed by atoms with E-state index >= 15 is 0 Å². The van der Waals surface area contributed by atoms with Crippen LogP contribution in [-0.2, 0) is 10.0 Å². The van der Waals surface area contributed by atoms with Crippen LogP contribution in [0.3, 0.4) is 0 Å². The van der Waals surface area contributed by atoms with Crippen LogP contribution in [0.1, 0.15) is 15.9 Å². The number of carbonyl (C=O) groups is 1. The van der Waals surface area contributed by atoms with E-state index in [4.69, 9.17) is 5.14 Å². The number of hydrogen-bond acceptors (Lipinski definition) is 3. The van der Waals surface area contributed by atoms with E-state index in [-0.39, 0.29) is 4.90 Å². The summed E-state index contributed by atoms with van der Waals surface area (Å²) in [7, 11) is -3.72. The summed E-state index contributed by atoms with van der Waals surface area (Å²) in [6.07, 6.45) is 0.585. The molecule has 0 saturated carbocycles. The molecule has 0 aromatic heterocycles. The molecule has 1 rings (SSSR count). The Labute approximate surface area is 76.4 Å². The molecule has 0 bridgehead atoms. The highest BCUT2D eigenvalue weighted by Crippen LogP contribution is 2.11. The van der Waals surface area contributed by atoms with Crippen LogP contribution in [0.25, 0.3) is 0 Å². The van der Waals surface area contributed by atoms with E-state index in [0.29, 0.717) is 17.4 Å². The lowest BCUT2D eigenvalue weighted by molar-refractivity contribution is 0.112. The molecule has 0 fully saturated rings. The van der Waals surface area contributed by atoms with Gasteiger partial charge in [-0.25, -0.2) is 13.6 Å². The zero-order valence-electron chi connectivity index (χ0n) is 7.02. The highest BCUT2D eigenvalue weighted by Gasteiger charge is 2.08. The number of hydrogen-bond donors (Lipinski definition) is 1. The monoisotopic (exact) mass is 199 g/mol. The third-order valence-electron chi connectivity index (χ3n) is 1.54. The maximum atomic E-state index is 10.9. The number of carbonyl (C=O) groups excluding carboxylic acids is 1. The molecule has 2 N–H and O–H groups in total. The Morgan fingerprint density at radius 2 is 1.92 bits per heavy atom. The molecule has 0 spiro atoms. The molecule has 70 valence electrons. The third kappa shape index (κ3) is 2.37. The van der Waals surface area contributed by atoms with Crippen molar-refractivity contribution in [3.05, 3.63) is 29.3 Å². The minimum Gasteiger partial charge on any atom is -0.298 e. The summed E-state index contributed by atoms with van der Waals surface area (Å²) < 4.78 is 21.8. The summed E-state index contributed by atoms with van der Waals surface area (Å²) in [6, 6.07) is 4.25. The van der Waals surface area contributed by atoms with Crippen LogP contribution in [0.15, 0.2) is 23.1 Å². The Morgan fingerprint density at radius 3 is 2.38 bits per heavy atom. The zero-order valence-corrected chi connectivity index (χ0v) is 7.84. The number of benzene rings is 1. The lowest BCUT2D eigenvalue weighted by Gasteiger charge is -2.00. The second-order valence-electron chi connectivity index (χ2n) is 2.74. The smallest absolute Gasteiger partial charge is 0.238 e. The molecule has 0 aliphatic rings. The van der Waals surface area contributed by atoms with E-state index in [1.165, 1.54) is 12.1 Å². The van der Waals surface area contributed by atoms with Crippen molar-refractivity contribution in [1.82, 2.24) is 0 Å². The summed E-state index contributed by atoms with van der Waals surface area (Å²) in [5.74, 6) is 0. The lowest BCUT2D eigenvalue weighted by Crippen LogP contribution is -2.12. The van der Waals surface area contributed by atoms with Crippen LogP contribution in [0.2, 0.25) is 0 Å². The van der Waals surface area contributed by atoms with Crippen molar-refractivity contribution in [2.75, 3.05) is 0 Å². The molecule has 0 saturated heterocycles. The van der Waals surface area contributed by atoms with E-state index in [1.807, 2.05) is 0 Å². The molecule has 0 aliphatic carbocycles. The number of aryl methyl sites for hydroxylation is 1. The minimum atomic E-state index is -3.72. The van der Waals surface area contributed by atoms with Gasteiger partial charge in [0.25, 0.3) is 0 Å². The molecule has 4 nitrogen and oxygen atoms in total. The highest BCUT2D eigenvalue weighted by atomic mass is 32.2. The van der Waals surface area contributed by atoms with Gasteiger partial charge in [-0.15, -0.1) is 0 Å². The van der Waals surface area contributed by atoms with E-state index < -0.39 is 10.0 Å². The fourth-order valence-corrected chi connectivity index (χ4v) is 1.66. The Kier molecular flexibility index (Phi) is 2.49. The van der Waals surface area contributed by atoms with Gasteiger partial charge in [0.2, 0.25) is 10.0 Å². The summed E-state index contributed by atoms with van der Waals surface area (Å²) in [4.78, 5) is 10.4. The van der Waals surface area contributed by atoms with Crippen molar-refractivity contribution in [2.24, 2.45) is 5.14 Å². The predicted octanol–water partition coefficient (Wildman–Crippen LogP) is 0.455. The standard InChI is InChI=1S/C8H9NO3S/c1-6-2-7(5-10)4-8(3-6)13(9,11)12/h2-5H,1H3,(H2,9,11,12). The second kappa shape index (κ2) is 3.27. The zero-order chi connectivity index (χ0) is 10.1. The predicted molar refractivity (Wildman–Crippen MR) is 47.9 cm³/mol. The Morgan fingerprint density at radius 1 is 1.31 bits per heavy atom. The van der Waals surface area contributed by atoms with Gasteiger partial charge >= 0.3 is 0 Å². The summed E-state index contributed by atoms with van der Waals surface area (Å²) >= 11 is 0. The first-order chi connectivity index (χ1) is 5.93. The van der Waals surface area contributed by atoms with Gasteiger partial charge in [-0.3, -0.25) is 4.79 Å². The van der Waals surface area contributed by atoms with Crippen molar-refractivity contribution in [3.63, 3.8) is 0 Å².